The SMILES string of the molecule is O=C1Nc2c(Br)cccc2[C@]1(Cl)c1ccccc1. The van der Waals surface area contributed by atoms with Crippen LogP contribution in [0.25, 0.3) is 0 Å². The second kappa shape index (κ2) is 4.11. The van der Waals surface area contributed by atoms with Crippen LogP contribution in [0.5, 0.6) is 0 Å². The Kier molecular flexibility index (Phi) is 2.68. The lowest BCUT2D eigenvalue weighted by Crippen LogP contribution is -2.29. The van der Waals surface area contributed by atoms with Crippen LogP contribution in [0.1, 0.15) is 11.1 Å². The van der Waals surface area contributed by atoms with Gasteiger partial charge in [-0.1, -0.05) is 54.1 Å². The van der Waals surface area contributed by atoms with Gasteiger partial charge >= 0.3 is 0 Å². The number of halogens is 2. The molecule has 1 N–H and O–H groups in total. The molecule has 0 fully saturated rings. The van der Waals surface area contributed by atoms with Gasteiger partial charge in [-0.2, -0.15) is 0 Å². The Morgan fingerprint density at radius 3 is 2.50 bits per heavy atom. The van der Waals surface area contributed by atoms with Gasteiger partial charge in [-0.15, -0.1) is 0 Å². The summed E-state index contributed by atoms with van der Waals surface area (Å²) >= 11 is 10.0. The van der Waals surface area contributed by atoms with E-state index < -0.39 is 4.87 Å². The Bertz CT molecular complexity index is 629. The van der Waals surface area contributed by atoms with Crippen molar-refractivity contribution in [1.29, 1.82) is 0 Å². The smallest absolute Gasteiger partial charge is 0.254 e. The molecule has 0 spiro atoms. The highest BCUT2D eigenvalue weighted by atomic mass is 79.9. The molecule has 0 saturated carbocycles. The van der Waals surface area contributed by atoms with E-state index in [1.165, 1.54) is 0 Å². The van der Waals surface area contributed by atoms with E-state index in [9.17, 15) is 4.79 Å². The normalized spacial score (nSPS) is 21.6. The van der Waals surface area contributed by atoms with Gasteiger partial charge in [0.2, 0.25) is 0 Å². The number of fused-ring (bicyclic) bond motifs is 1. The fraction of sp³-hybridized carbons (Fsp3) is 0.0714. The molecule has 2 nitrogen and oxygen atoms in total. The minimum absolute atomic E-state index is 0.211. The molecule has 3 rings (SSSR count). The van der Waals surface area contributed by atoms with Crippen molar-refractivity contribution in [3.63, 3.8) is 0 Å². The molecule has 4 heteroatoms. The number of carbonyl (C=O) groups is 1. The van der Waals surface area contributed by atoms with Gasteiger partial charge in [-0.05, 0) is 27.6 Å². The summed E-state index contributed by atoms with van der Waals surface area (Å²) in [6.45, 7) is 0. The highest BCUT2D eigenvalue weighted by molar-refractivity contribution is 9.10. The van der Waals surface area contributed by atoms with Crippen molar-refractivity contribution in [3.8, 4) is 0 Å². The number of hydrogen-bond donors (Lipinski definition) is 1. The van der Waals surface area contributed by atoms with Gasteiger partial charge in [0.1, 0.15) is 0 Å². The van der Waals surface area contributed by atoms with Crippen LogP contribution in [0.15, 0.2) is 53.0 Å². The number of amides is 1. The van der Waals surface area contributed by atoms with E-state index in [1.807, 2.05) is 48.5 Å². The number of alkyl halides is 1. The highest BCUT2D eigenvalue weighted by Gasteiger charge is 2.47. The first kappa shape index (κ1) is 11.8. The van der Waals surface area contributed by atoms with Gasteiger partial charge in [-0.3, -0.25) is 4.79 Å². The van der Waals surface area contributed by atoms with Crippen LogP contribution in [-0.4, -0.2) is 5.91 Å². The van der Waals surface area contributed by atoms with Gasteiger partial charge in [0, 0.05) is 10.0 Å². The fourth-order valence-electron chi connectivity index (χ4n) is 2.21. The van der Waals surface area contributed by atoms with Crippen molar-refractivity contribution in [2.45, 2.75) is 4.87 Å². The molecule has 0 aliphatic carbocycles. The molecule has 90 valence electrons. The molecule has 0 saturated heterocycles. The van der Waals surface area contributed by atoms with E-state index in [4.69, 9.17) is 11.6 Å². The molecule has 2 aromatic carbocycles. The Labute approximate surface area is 118 Å². The third-order valence-electron chi connectivity index (χ3n) is 3.11. The predicted molar refractivity (Wildman–Crippen MR) is 75.8 cm³/mol. The van der Waals surface area contributed by atoms with E-state index >= 15 is 0 Å². The van der Waals surface area contributed by atoms with Gasteiger partial charge in [0.05, 0.1) is 5.69 Å². The van der Waals surface area contributed by atoms with Crippen molar-refractivity contribution in [3.05, 3.63) is 64.1 Å². The molecular formula is C14H9BrClNO. The second-order valence-corrected chi connectivity index (χ2v) is 5.56. The van der Waals surface area contributed by atoms with E-state index in [0.29, 0.717) is 0 Å². The third-order valence-corrected chi connectivity index (χ3v) is 4.36. The summed E-state index contributed by atoms with van der Waals surface area (Å²) in [7, 11) is 0. The quantitative estimate of drug-likeness (QED) is 0.793. The molecular weight excluding hydrogens is 314 g/mol. The summed E-state index contributed by atoms with van der Waals surface area (Å²) in [4.78, 5) is 11.1. The first-order valence-electron chi connectivity index (χ1n) is 5.49. The molecule has 0 bridgehead atoms. The average Bonchev–Trinajstić information content (AvgIpc) is 2.66. The van der Waals surface area contributed by atoms with Gasteiger partial charge in [0.25, 0.3) is 5.91 Å². The van der Waals surface area contributed by atoms with Gasteiger partial charge in [0.15, 0.2) is 4.87 Å². The topological polar surface area (TPSA) is 29.1 Å². The maximum Gasteiger partial charge on any atom is 0.254 e. The van der Waals surface area contributed by atoms with E-state index in [0.717, 1.165) is 21.3 Å². The van der Waals surface area contributed by atoms with Gasteiger partial charge < -0.3 is 5.32 Å². The molecule has 0 aromatic heterocycles. The summed E-state index contributed by atoms with van der Waals surface area (Å²) < 4.78 is 0.840. The summed E-state index contributed by atoms with van der Waals surface area (Å²) in [5.41, 5.74) is 2.32. The van der Waals surface area contributed by atoms with Gasteiger partial charge in [-0.25, -0.2) is 0 Å². The number of carbonyl (C=O) groups excluding carboxylic acids is 1. The molecule has 1 aliphatic rings. The first-order valence-corrected chi connectivity index (χ1v) is 6.66. The standard InChI is InChI=1S/C14H9BrClNO/c15-11-8-4-7-10-12(11)17-13(18)14(10,16)9-5-2-1-3-6-9/h1-8H,(H,17,18)/t14-/m1/s1. The summed E-state index contributed by atoms with van der Waals surface area (Å²) in [6, 6.07) is 15.0. The van der Waals surface area contributed by atoms with E-state index in [2.05, 4.69) is 21.2 Å². The van der Waals surface area contributed by atoms with Crippen molar-refractivity contribution in [2.24, 2.45) is 0 Å². The zero-order valence-electron chi connectivity index (χ0n) is 9.28. The number of hydrogen-bond acceptors (Lipinski definition) is 1. The Morgan fingerprint density at radius 1 is 1.06 bits per heavy atom. The minimum atomic E-state index is -1.14. The lowest BCUT2D eigenvalue weighted by Gasteiger charge is -2.20. The number of benzene rings is 2. The molecule has 0 unspecified atom stereocenters. The average molecular weight is 323 g/mol. The van der Waals surface area contributed by atoms with Crippen molar-refractivity contribution in [1.82, 2.24) is 0 Å². The minimum Gasteiger partial charge on any atom is -0.323 e. The maximum atomic E-state index is 12.2. The first-order chi connectivity index (χ1) is 8.64. The van der Waals surface area contributed by atoms with E-state index in [1.54, 1.807) is 0 Å². The Balaban J connectivity index is 2.26. The molecule has 0 radical (unpaired) electrons. The molecule has 1 amide bonds. The second-order valence-electron chi connectivity index (χ2n) is 4.14. The molecule has 1 atom stereocenters. The van der Waals surface area contributed by atoms with Crippen LogP contribution in [0.4, 0.5) is 5.69 Å². The number of nitrogens with one attached hydrogen (secondary N) is 1. The predicted octanol–water partition coefficient (Wildman–Crippen LogP) is 3.88. The van der Waals surface area contributed by atoms with Crippen LogP contribution in [0.3, 0.4) is 0 Å². The van der Waals surface area contributed by atoms with Crippen molar-refractivity contribution < 1.29 is 4.79 Å². The Hall–Kier alpha value is -1.32. The lowest BCUT2D eigenvalue weighted by atomic mass is 9.92. The third kappa shape index (κ3) is 1.51. The van der Waals surface area contributed by atoms with Crippen LogP contribution >= 0.6 is 27.5 Å². The summed E-state index contributed by atoms with van der Waals surface area (Å²) in [5, 5.41) is 2.84. The Morgan fingerprint density at radius 2 is 1.78 bits per heavy atom. The number of anilines is 1. The largest absolute Gasteiger partial charge is 0.323 e. The van der Waals surface area contributed by atoms with Crippen LogP contribution in [0, 0.1) is 0 Å². The van der Waals surface area contributed by atoms with Crippen LogP contribution in [-0.2, 0) is 9.67 Å². The van der Waals surface area contributed by atoms with E-state index in [-0.39, 0.29) is 5.91 Å². The molecule has 18 heavy (non-hydrogen) atoms. The van der Waals surface area contributed by atoms with Crippen LogP contribution in [0.2, 0.25) is 0 Å². The van der Waals surface area contributed by atoms with Crippen LogP contribution < -0.4 is 5.32 Å². The van der Waals surface area contributed by atoms with Crippen molar-refractivity contribution >= 4 is 39.1 Å². The zero-order valence-corrected chi connectivity index (χ0v) is 11.6. The lowest BCUT2D eigenvalue weighted by molar-refractivity contribution is -0.117. The fourth-order valence-corrected chi connectivity index (χ4v) is 3.01. The molecule has 1 heterocycles. The van der Waals surface area contributed by atoms with Crippen molar-refractivity contribution in [2.75, 3.05) is 5.32 Å². The summed E-state index contributed by atoms with van der Waals surface area (Å²) in [5.74, 6) is -0.211. The number of rotatable bonds is 1. The summed E-state index contributed by atoms with van der Waals surface area (Å²) in [6.07, 6.45) is 0. The highest BCUT2D eigenvalue weighted by Crippen LogP contribution is 2.48. The monoisotopic (exact) mass is 321 g/mol. The maximum absolute atomic E-state index is 12.2. The molecule has 2 aromatic rings. The zero-order chi connectivity index (χ0) is 12.8. The number of para-hydroxylation sites is 1. The molecule has 1 aliphatic heterocycles.